The van der Waals surface area contributed by atoms with E-state index >= 15 is 0 Å². The van der Waals surface area contributed by atoms with E-state index in [0.717, 1.165) is 24.8 Å². The van der Waals surface area contributed by atoms with Crippen molar-refractivity contribution in [1.82, 2.24) is 0 Å². The number of esters is 1. The molecule has 0 unspecified atom stereocenters. The number of ether oxygens (including phenoxy) is 3. The molecule has 1 aromatic rings. The topological polar surface area (TPSA) is 44.8 Å². The molecule has 0 saturated heterocycles. The van der Waals surface area contributed by atoms with Crippen LogP contribution in [-0.4, -0.2) is 27.3 Å². The van der Waals surface area contributed by atoms with Gasteiger partial charge in [0, 0.05) is 0 Å². The third kappa shape index (κ3) is 4.02. The standard InChI is InChI=1S/C16H22O4/c1-5-6-7-8-9-12-10-13(16(17)20-4)11-14(18-2)15(12)19-3/h6-7,10-11H,5,8-9H2,1-4H3. The summed E-state index contributed by atoms with van der Waals surface area (Å²) in [6.45, 7) is 2.10. The summed E-state index contributed by atoms with van der Waals surface area (Å²) in [5.74, 6) is 0.839. The predicted octanol–water partition coefficient (Wildman–Crippen LogP) is 3.39. The van der Waals surface area contributed by atoms with Crippen LogP contribution >= 0.6 is 0 Å². The average molecular weight is 278 g/mol. The number of hydrogen-bond donors (Lipinski definition) is 0. The summed E-state index contributed by atoms with van der Waals surface area (Å²) in [7, 11) is 4.52. The molecule has 0 saturated carbocycles. The number of allylic oxidation sites excluding steroid dienone is 2. The third-order valence-electron chi connectivity index (χ3n) is 2.96. The van der Waals surface area contributed by atoms with E-state index in [0.29, 0.717) is 17.1 Å². The van der Waals surface area contributed by atoms with Crippen LogP contribution in [0.1, 0.15) is 35.7 Å². The number of rotatable bonds is 7. The molecule has 0 aliphatic heterocycles. The van der Waals surface area contributed by atoms with Crippen LogP contribution in [0.25, 0.3) is 0 Å². The van der Waals surface area contributed by atoms with Crippen LogP contribution < -0.4 is 9.47 Å². The lowest BCUT2D eigenvalue weighted by Crippen LogP contribution is -2.05. The van der Waals surface area contributed by atoms with Crippen molar-refractivity contribution < 1.29 is 19.0 Å². The molecule has 4 nitrogen and oxygen atoms in total. The molecule has 0 fully saturated rings. The fourth-order valence-corrected chi connectivity index (χ4v) is 1.99. The maximum atomic E-state index is 11.7. The SMILES string of the molecule is CCC=CCCc1cc(C(=O)OC)cc(OC)c1OC. The Bertz CT molecular complexity index is 478. The summed E-state index contributed by atoms with van der Waals surface area (Å²) in [6.07, 6.45) is 6.92. The maximum absolute atomic E-state index is 11.7. The number of carbonyl (C=O) groups is 1. The summed E-state index contributed by atoms with van der Waals surface area (Å²) >= 11 is 0. The molecule has 0 spiro atoms. The van der Waals surface area contributed by atoms with Crippen molar-refractivity contribution in [1.29, 1.82) is 0 Å². The zero-order valence-electron chi connectivity index (χ0n) is 12.6. The first-order valence-corrected chi connectivity index (χ1v) is 6.66. The zero-order chi connectivity index (χ0) is 15.0. The van der Waals surface area contributed by atoms with Crippen molar-refractivity contribution in [2.45, 2.75) is 26.2 Å². The Hall–Kier alpha value is -1.97. The Labute approximate surface area is 120 Å². The largest absolute Gasteiger partial charge is 0.493 e. The van der Waals surface area contributed by atoms with Gasteiger partial charge in [-0.05, 0) is 37.0 Å². The molecule has 0 heterocycles. The Morgan fingerprint density at radius 3 is 2.45 bits per heavy atom. The highest BCUT2D eigenvalue weighted by Crippen LogP contribution is 2.33. The van der Waals surface area contributed by atoms with Gasteiger partial charge in [0.1, 0.15) is 0 Å². The lowest BCUT2D eigenvalue weighted by atomic mass is 10.0. The van der Waals surface area contributed by atoms with E-state index in [1.54, 1.807) is 26.4 Å². The first kappa shape index (κ1) is 16.1. The van der Waals surface area contributed by atoms with Gasteiger partial charge in [0.05, 0.1) is 26.9 Å². The number of methoxy groups -OCH3 is 3. The van der Waals surface area contributed by atoms with Gasteiger partial charge >= 0.3 is 5.97 Å². The molecule has 0 aliphatic rings. The van der Waals surface area contributed by atoms with Gasteiger partial charge in [-0.15, -0.1) is 0 Å². The Morgan fingerprint density at radius 1 is 1.15 bits per heavy atom. The molecular formula is C16H22O4. The van der Waals surface area contributed by atoms with Crippen molar-refractivity contribution in [3.63, 3.8) is 0 Å². The van der Waals surface area contributed by atoms with E-state index in [1.807, 2.05) is 0 Å². The summed E-state index contributed by atoms with van der Waals surface area (Å²) < 4.78 is 15.4. The molecule has 4 heteroatoms. The third-order valence-corrected chi connectivity index (χ3v) is 2.96. The van der Waals surface area contributed by atoms with Crippen molar-refractivity contribution in [2.24, 2.45) is 0 Å². The molecule has 0 amide bonds. The second-order valence-corrected chi connectivity index (χ2v) is 4.28. The highest BCUT2D eigenvalue weighted by molar-refractivity contribution is 5.90. The molecule has 1 aromatic carbocycles. The highest BCUT2D eigenvalue weighted by atomic mass is 16.5. The summed E-state index contributed by atoms with van der Waals surface area (Å²) in [4.78, 5) is 11.7. The predicted molar refractivity (Wildman–Crippen MR) is 78.6 cm³/mol. The van der Waals surface area contributed by atoms with Gasteiger partial charge in [0.15, 0.2) is 11.5 Å². The van der Waals surface area contributed by atoms with Crippen LogP contribution in [0.5, 0.6) is 11.5 Å². The van der Waals surface area contributed by atoms with Gasteiger partial charge in [-0.2, -0.15) is 0 Å². The van der Waals surface area contributed by atoms with Gasteiger partial charge in [0.25, 0.3) is 0 Å². The van der Waals surface area contributed by atoms with Crippen molar-refractivity contribution in [3.8, 4) is 11.5 Å². The first-order valence-electron chi connectivity index (χ1n) is 6.66. The van der Waals surface area contributed by atoms with E-state index in [2.05, 4.69) is 19.1 Å². The van der Waals surface area contributed by atoms with E-state index in [1.165, 1.54) is 7.11 Å². The molecule has 110 valence electrons. The Kier molecular flexibility index (Phi) is 6.64. The van der Waals surface area contributed by atoms with Crippen molar-refractivity contribution >= 4 is 5.97 Å². The van der Waals surface area contributed by atoms with Crippen molar-refractivity contribution in [3.05, 3.63) is 35.4 Å². The molecule has 20 heavy (non-hydrogen) atoms. The fraction of sp³-hybridized carbons (Fsp3) is 0.438. The summed E-state index contributed by atoms with van der Waals surface area (Å²) in [5, 5.41) is 0. The van der Waals surface area contributed by atoms with Crippen LogP contribution in [0.4, 0.5) is 0 Å². The minimum absolute atomic E-state index is 0.378. The van der Waals surface area contributed by atoms with Gasteiger partial charge < -0.3 is 14.2 Å². The first-order chi connectivity index (χ1) is 9.67. The van der Waals surface area contributed by atoms with Crippen LogP contribution in [0.3, 0.4) is 0 Å². The fourth-order valence-electron chi connectivity index (χ4n) is 1.99. The molecule has 1 rings (SSSR count). The van der Waals surface area contributed by atoms with Gasteiger partial charge in [-0.3, -0.25) is 0 Å². The van der Waals surface area contributed by atoms with Crippen LogP contribution in [0.15, 0.2) is 24.3 Å². The number of carbonyl (C=O) groups excluding carboxylic acids is 1. The summed E-state index contributed by atoms with van der Waals surface area (Å²) in [5.41, 5.74) is 1.41. The monoisotopic (exact) mass is 278 g/mol. The Morgan fingerprint density at radius 2 is 1.90 bits per heavy atom. The molecule has 0 bridgehead atoms. The lowest BCUT2D eigenvalue weighted by Gasteiger charge is -2.14. The second kappa shape index (κ2) is 8.25. The van der Waals surface area contributed by atoms with E-state index in [9.17, 15) is 4.79 Å². The van der Waals surface area contributed by atoms with Crippen molar-refractivity contribution in [2.75, 3.05) is 21.3 Å². The zero-order valence-corrected chi connectivity index (χ0v) is 12.6. The minimum atomic E-state index is -0.378. The van der Waals surface area contributed by atoms with E-state index in [4.69, 9.17) is 14.2 Å². The summed E-state index contributed by atoms with van der Waals surface area (Å²) in [6, 6.07) is 3.43. The molecule has 0 aromatic heterocycles. The number of aryl methyl sites for hydroxylation is 1. The maximum Gasteiger partial charge on any atom is 0.337 e. The smallest absolute Gasteiger partial charge is 0.337 e. The van der Waals surface area contributed by atoms with E-state index < -0.39 is 0 Å². The molecule has 0 N–H and O–H groups in total. The Balaban J connectivity index is 3.10. The average Bonchev–Trinajstić information content (AvgIpc) is 2.49. The number of hydrogen-bond acceptors (Lipinski definition) is 4. The van der Waals surface area contributed by atoms with Gasteiger partial charge in [-0.1, -0.05) is 19.1 Å². The number of benzene rings is 1. The molecule has 0 atom stereocenters. The van der Waals surface area contributed by atoms with Gasteiger partial charge in [0.2, 0.25) is 0 Å². The second-order valence-electron chi connectivity index (χ2n) is 4.28. The minimum Gasteiger partial charge on any atom is -0.493 e. The van der Waals surface area contributed by atoms with Gasteiger partial charge in [-0.25, -0.2) is 4.79 Å². The van der Waals surface area contributed by atoms with Crippen LogP contribution in [0.2, 0.25) is 0 Å². The van der Waals surface area contributed by atoms with E-state index in [-0.39, 0.29) is 5.97 Å². The highest BCUT2D eigenvalue weighted by Gasteiger charge is 2.16. The van der Waals surface area contributed by atoms with Crippen LogP contribution in [-0.2, 0) is 11.2 Å². The molecular weight excluding hydrogens is 256 g/mol. The normalized spacial score (nSPS) is 10.6. The molecule has 0 radical (unpaired) electrons. The van der Waals surface area contributed by atoms with Crippen LogP contribution in [0, 0.1) is 0 Å². The quantitative estimate of drug-likeness (QED) is 0.566. The molecule has 0 aliphatic carbocycles. The lowest BCUT2D eigenvalue weighted by molar-refractivity contribution is 0.0600.